The van der Waals surface area contributed by atoms with E-state index in [0.29, 0.717) is 22.8 Å². The fourth-order valence-electron chi connectivity index (χ4n) is 2.30. The van der Waals surface area contributed by atoms with E-state index in [4.69, 9.17) is 9.47 Å². The molecule has 120 valence electrons. The molecule has 0 aliphatic heterocycles. The molecule has 3 rings (SSSR count). The zero-order valence-electron chi connectivity index (χ0n) is 13.4. The highest BCUT2D eigenvalue weighted by atomic mass is 16.5. The lowest BCUT2D eigenvalue weighted by Crippen LogP contribution is -1.99. The molecule has 5 heteroatoms. The van der Waals surface area contributed by atoms with Crippen LogP contribution in [-0.4, -0.2) is 30.0 Å². The number of allylic oxidation sites excluding steroid dienone is 1. The van der Waals surface area contributed by atoms with Gasteiger partial charge in [0.2, 0.25) is 0 Å². The first-order valence-corrected chi connectivity index (χ1v) is 7.37. The Morgan fingerprint density at radius 1 is 1.04 bits per heavy atom. The van der Waals surface area contributed by atoms with Crippen LogP contribution in [0.1, 0.15) is 16.1 Å². The van der Waals surface area contributed by atoms with E-state index in [-0.39, 0.29) is 5.78 Å². The minimum Gasteiger partial charge on any atom is -0.497 e. The van der Waals surface area contributed by atoms with Gasteiger partial charge in [0, 0.05) is 6.07 Å². The third-order valence-electron chi connectivity index (χ3n) is 3.55. The normalized spacial score (nSPS) is 10.9. The second kappa shape index (κ2) is 6.91. The quantitative estimate of drug-likeness (QED) is 0.531. The van der Waals surface area contributed by atoms with E-state index in [9.17, 15) is 4.79 Å². The molecule has 0 fully saturated rings. The smallest absolute Gasteiger partial charge is 0.189 e. The summed E-state index contributed by atoms with van der Waals surface area (Å²) in [5, 5.41) is 0. The second-order valence-corrected chi connectivity index (χ2v) is 5.05. The highest BCUT2D eigenvalue weighted by Gasteiger charge is 2.11. The number of benzene rings is 2. The van der Waals surface area contributed by atoms with Crippen molar-refractivity contribution in [2.24, 2.45) is 0 Å². The van der Waals surface area contributed by atoms with Crippen LogP contribution < -0.4 is 9.47 Å². The van der Waals surface area contributed by atoms with Crippen LogP contribution >= 0.6 is 0 Å². The van der Waals surface area contributed by atoms with Gasteiger partial charge in [0.15, 0.2) is 5.78 Å². The van der Waals surface area contributed by atoms with E-state index in [1.54, 1.807) is 37.6 Å². The molecule has 0 aliphatic rings. The van der Waals surface area contributed by atoms with Gasteiger partial charge in [-0.05, 0) is 36.4 Å². The van der Waals surface area contributed by atoms with Gasteiger partial charge in [-0.1, -0.05) is 12.1 Å². The lowest BCUT2D eigenvalue weighted by atomic mass is 10.1. The summed E-state index contributed by atoms with van der Waals surface area (Å²) in [5.41, 5.74) is 2.68. The highest BCUT2D eigenvalue weighted by molar-refractivity contribution is 6.08. The van der Waals surface area contributed by atoms with Crippen LogP contribution in [0.2, 0.25) is 0 Å². The number of carbonyl (C=O) groups is 1. The largest absolute Gasteiger partial charge is 0.497 e. The van der Waals surface area contributed by atoms with Gasteiger partial charge in [0.1, 0.15) is 11.5 Å². The summed E-state index contributed by atoms with van der Waals surface area (Å²) < 4.78 is 10.4. The molecule has 0 atom stereocenters. The standard InChI is InChI=1S/C19H16N2O3/c1-23-14-8-9-15(19(11-14)24-2)18(22)10-7-13-12-20-16-5-3-4-6-17(16)21-13/h3-12H,1-2H3/b10-7+. The van der Waals surface area contributed by atoms with Gasteiger partial charge in [0.05, 0.1) is 42.7 Å². The SMILES string of the molecule is COc1ccc(C(=O)/C=C/c2cnc3ccccc3n2)c(OC)c1. The van der Waals surface area contributed by atoms with Crippen LogP contribution in [0.25, 0.3) is 17.1 Å². The number of ether oxygens (including phenoxy) is 2. The van der Waals surface area contributed by atoms with Crippen LogP contribution in [0.4, 0.5) is 0 Å². The number of ketones is 1. The number of carbonyl (C=O) groups excluding carboxylic acids is 1. The molecular formula is C19H16N2O3. The first kappa shape index (κ1) is 15.7. The molecular weight excluding hydrogens is 304 g/mol. The maximum atomic E-state index is 12.4. The predicted octanol–water partition coefficient (Wildman–Crippen LogP) is 3.54. The van der Waals surface area contributed by atoms with Crippen molar-refractivity contribution in [3.05, 3.63) is 66.0 Å². The van der Waals surface area contributed by atoms with Crippen molar-refractivity contribution >= 4 is 22.9 Å². The highest BCUT2D eigenvalue weighted by Crippen LogP contribution is 2.25. The van der Waals surface area contributed by atoms with E-state index in [0.717, 1.165) is 11.0 Å². The number of nitrogens with zero attached hydrogens (tertiary/aromatic N) is 2. The van der Waals surface area contributed by atoms with Crippen LogP contribution in [0.5, 0.6) is 11.5 Å². The van der Waals surface area contributed by atoms with E-state index < -0.39 is 0 Å². The van der Waals surface area contributed by atoms with Gasteiger partial charge >= 0.3 is 0 Å². The Kier molecular flexibility index (Phi) is 4.52. The fraction of sp³-hybridized carbons (Fsp3) is 0.105. The van der Waals surface area contributed by atoms with Crippen LogP contribution in [0, 0.1) is 0 Å². The second-order valence-electron chi connectivity index (χ2n) is 5.05. The summed E-state index contributed by atoms with van der Waals surface area (Å²) in [6.45, 7) is 0. The number of aromatic nitrogens is 2. The van der Waals surface area contributed by atoms with Gasteiger partial charge in [-0.2, -0.15) is 0 Å². The zero-order valence-corrected chi connectivity index (χ0v) is 13.4. The lowest BCUT2D eigenvalue weighted by molar-refractivity contribution is 0.104. The molecule has 1 heterocycles. The predicted molar refractivity (Wildman–Crippen MR) is 92.4 cm³/mol. The average molecular weight is 320 g/mol. The van der Waals surface area contributed by atoms with Gasteiger partial charge in [-0.25, -0.2) is 4.98 Å². The summed E-state index contributed by atoms with van der Waals surface area (Å²) in [4.78, 5) is 21.2. The monoisotopic (exact) mass is 320 g/mol. The van der Waals surface area contributed by atoms with Gasteiger partial charge in [-0.15, -0.1) is 0 Å². The van der Waals surface area contributed by atoms with Crippen molar-refractivity contribution in [3.8, 4) is 11.5 Å². The first-order chi connectivity index (χ1) is 11.7. The maximum absolute atomic E-state index is 12.4. The Balaban J connectivity index is 1.86. The van der Waals surface area contributed by atoms with Gasteiger partial charge < -0.3 is 9.47 Å². The molecule has 0 saturated carbocycles. The van der Waals surface area contributed by atoms with Crippen LogP contribution in [0.3, 0.4) is 0 Å². The van der Waals surface area contributed by atoms with Crippen molar-refractivity contribution in [2.45, 2.75) is 0 Å². The molecule has 0 N–H and O–H groups in total. The van der Waals surface area contributed by atoms with Crippen molar-refractivity contribution in [2.75, 3.05) is 14.2 Å². The third-order valence-corrected chi connectivity index (χ3v) is 3.55. The summed E-state index contributed by atoms with van der Waals surface area (Å²) >= 11 is 0. The van der Waals surface area contributed by atoms with E-state index in [2.05, 4.69) is 9.97 Å². The number of methoxy groups -OCH3 is 2. The number of fused-ring (bicyclic) bond motifs is 1. The molecule has 0 unspecified atom stereocenters. The summed E-state index contributed by atoms with van der Waals surface area (Å²) in [6.07, 6.45) is 4.74. The number of rotatable bonds is 5. The van der Waals surface area contributed by atoms with Crippen molar-refractivity contribution < 1.29 is 14.3 Å². The van der Waals surface area contributed by atoms with E-state index in [1.165, 1.54) is 13.2 Å². The maximum Gasteiger partial charge on any atom is 0.189 e. The Labute approximate surface area is 139 Å². The molecule has 0 saturated heterocycles. The summed E-state index contributed by atoms with van der Waals surface area (Å²) in [5.74, 6) is 0.922. The van der Waals surface area contributed by atoms with Gasteiger partial charge in [-0.3, -0.25) is 9.78 Å². The third kappa shape index (κ3) is 3.25. The number of hydrogen-bond donors (Lipinski definition) is 0. The molecule has 5 nitrogen and oxygen atoms in total. The van der Waals surface area contributed by atoms with Gasteiger partial charge in [0.25, 0.3) is 0 Å². The Morgan fingerprint density at radius 2 is 1.83 bits per heavy atom. The number of hydrogen-bond acceptors (Lipinski definition) is 5. The van der Waals surface area contributed by atoms with Crippen LogP contribution in [0.15, 0.2) is 54.7 Å². The molecule has 1 aromatic heterocycles. The number of para-hydroxylation sites is 2. The Hall–Kier alpha value is -3.21. The van der Waals surface area contributed by atoms with Crippen LogP contribution in [-0.2, 0) is 0 Å². The molecule has 2 aromatic carbocycles. The Bertz CT molecular complexity index is 919. The Morgan fingerprint density at radius 3 is 2.58 bits per heavy atom. The molecule has 3 aromatic rings. The van der Waals surface area contributed by atoms with E-state index in [1.807, 2.05) is 24.3 Å². The molecule has 0 spiro atoms. The minimum atomic E-state index is -0.176. The first-order valence-electron chi connectivity index (χ1n) is 7.37. The topological polar surface area (TPSA) is 61.3 Å². The van der Waals surface area contributed by atoms with Crippen molar-refractivity contribution in [1.82, 2.24) is 9.97 Å². The molecule has 0 radical (unpaired) electrons. The fourth-order valence-corrected chi connectivity index (χ4v) is 2.30. The summed E-state index contributed by atoms with van der Waals surface area (Å²) in [6, 6.07) is 12.7. The lowest BCUT2D eigenvalue weighted by Gasteiger charge is -2.07. The van der Waals surface area contributed by atoms with Crippen molar-refractivity contribution in [1.29, 1.82) is 0 Å². The summed E-state index contributed by atoms with van der Waals surface area (Å²) in [7, 11) is 3.08. The minimum absolute atomic E-state index is 0.176. The molecule has 24 heavy (non-hydrogen) atoms. The van der Waals surface area contributed by atoms with Crippen molar-refractivity contribution in [3.63, 3.8) is 0 Å². The van der Waals surface area contributed by atoms with E-state index >= 15 is 0 Å². The average Bonchev–Trinajstić information content (AvgIpc) is 2.65. The molecule has 0 bridgehead atoms. The zero-order chi connectivity index (χ0) is 16.9. The molecule has 0 aliphatic carbocycles. The molecule has 0 amide bonds.